The van der Waals surface area contributed by atoms with Crippen LogP contribution in [0.5, 0.6) is 5.75 Å². The lowest BCUT2D eigenvalue weighted by Gasteiger charge is -2.24. The maximum atomic E-state index is 12.8. The summed E-state index contributed by atoms with van der Waals surface area (Å²) in [7, 11) is 1.82. The molecule has 144 valence electrons. The molecule has 0 spiro atoms. The molecule has 10 heteroatoms. The number of nitrogens with zero attached hydrogens (tertiary/aromatic N) is 6. The normalized spacial score (nSPS) is 20.1. The highest BCUT2D eigenvalue weighted by molar-refractivity contribution is 5.30. The number of hydrogen-bond donors (Lipinski definition) is 0. The second-order valence-corrected chi connectivity index (χ2v) is 6.56. The molecule has 1 aromatic heterocycles. The van der Waals surface area contributed by atoms with E-state index in [1.807, 2.05) is 11.6 Å². The fourth-order valence-electron chi connectivity index (χ4n) is 3.29. The van der Waals surface area contributed by atoms with Gasteiger partial charge in [-0.05, 0) is 49.4 Å². The van der Waals surface area contributed by atoms with Crippen LogP contribution in [-0.2, 0) is 19.8 Å². The highest BCUT2D eigenvalue weighted by atomic mass is 19.4. The minimum absolute atomic E-state index is 0.0267. The Labute approximate surface area is 153 Å². The van der Waals surface area contributed by atoms with Crippen molar-refractivity contribution in [3.63, 3.8) is 0 Å². The Bertz CT molecular complexity index is 835. The van der Waals surface area contributed by atoms with E-state index in [9.17, 15) is 13.2 Å². The number of azide groups is 1. The Morgan fingerprint density at radius 3 is 2.67 bits per heavy atom. The first-order valence-corrected chi connectivity index (χ1v) is 8.61. The van der Waals surface area contributed by atoms with Crippen LogP contribution in [0.1, 0.15) is 48.8 Å². The van der Waals surface area contributed by atoms with Crippen LogP contribution in [0.3, 0.4) is 0 Å². The zero-order valence-corrected chi connectivity index (χ0v) is 14.7. The van der Waals surface area contributed by atoms with Gasteiger partial charge in [-0.15, -0.1) is 10.2 Å². The van der Waals surface area contributed by atoms with Crippen molar-refractivity contribution in [2.75, 3.05) is 0 Å². The second kappa shape index (κ2) is 7.87. The van der Waals surface area contributed by atoms with Crippen LogP contribution in [-0.4, -0.2) is 20.8 Å². The largest absolute Gasteiger partial charge is 0.486 e. The van der Waals surface area contributed by atoms with Crippen molar-refractivity contribution in [1.82, 2.24) is 14.8 Å². The Hall–Kier alpha value is -2.74. The van der Waals surface area contributed by atoms with Crippen molar-refractivity contribution in [3.05, 3.63) is 51.9 Å². The maximum absolute atomic E-state index is 12.8. The minimum Gasteiger partial charge on any atom is -0.486 e. The Kier molecular flexibility index (Phi) is 5.55. The fraction of sp³-hybridized carbons (Fsp3) is 0.529. The molecule has 1 heterocycles. The van der Waals surface area contributed by atoms with E-state index in [0.29, 0.717) is 5.82 Å². The third-order valence-corrected chi connectivity index (χ3v) is 4.80. The molecule has 0 saturated heterocycles. The maximum Gasteiger partial charge on any atom is 0.416 e. The third-order valence-electron chi connectivity index (χ3n) is 4.80. The monoisotopic (exact) mass is 380 g/mol. The van der Waals surface area contributed by atoms with Crippen molar-refractivity contribution in [3.8, 4) is 5.75 Å². The van der Waals surface area contributed by atoms with E-state index in [0.717, 1.165) is 43.6 Å². The van der Waals surface area contributed by atoms with E-state index in [4.69, 9.17) is 10.3 Å². The van der Waals surface area contributed by atoms with Gasteiger partial charge in [-0.2, -0.15) is 13.2 Å². The van der Waals surface area contributed by atoms with E-state index in [2.05, 4.69) is 20.2 Å². The summed E-state index contributed by atoms with van der Waals surface area (Å²) in [4.78, 5) is 2.86. The zero-order chi connectivity index (χ0) is 19.4. The predicted molar refractivity (Wildman–Crippen MR) is 90.9 cm³/mol. The number of ether oxygens (including phenoxy) is 1. The number of aromatic nitrogens is 3. The van der Waals surface area contributed by atoms with Gasteiger partial charge in [-0.3, -0.25) is 0 Å². The van der Waals surface area contributed by atoms with Crippen LogP contribution in [0.25, 0.3) is 10.4 Å². The van der Waals surface area contributed by atoms with E-state index < -0.39 is 11.7 Å². The molecule has 1 aliphatic carbocycles. The molecule has 0 radical (unpaired) electrons. The van der Waals surface area contributed by atoms with E-state index in [1.165, 1.54) is 12.1 Å². The Morgan fingerprint density at radius 2 is 2.00 bits per heavy atom. The van der Waals surface area contributed by atoms with Gasteiger partial charge in [0.15, 0.2) is 5.82 Å². The second-order valence-electron chi connectivity index (χ2n) is 6.56. The molecule has 1 saturated carbocycles. The highest BCUT2D eigenvalue weighted by Gasteiger charge is 2.30. The molecule has 3 rings (SSSR count). The summed E-state index contributed by atoms with van der Waals surface area (Å²) in [5.74, 6) is 1.70. The van der Waals surface area contributed by atoms with Gasteiger partial charge in [-0.25, -0.2) is 0 Å². The topological polar surface area (TPSA) is 88.7 Å². The first kappa shape index (κ1) is 19.0. The van der Waals surface area contributed by atoms with Crippen molar-refractivity contribution < 1.29 is 17.9 Å². The first-order chi connectivity index (χ1) is 12.9. The molecule has 1 aromatic carbocycles. The lowest BCUT2D eigenvalue weighted by atomic mass is 9.86. The number of alkyl halides is 3. The molecule has 1 fully saturated rings. The van der Waals surface area contributed by atoms with Crippen LogP contribution < -0.4 is 4.74 Å². The predicted octanol–water partition coefficient (Wildman–Crippen LogP) is 4.75. The Balaban J connectivity index is 1.64. The van der Waals surface area contributed by atoms with Crippen LogP contribution in [0, 0.1) is 0 Å². The molecule has 0 unspecified atom stereocenters. The van der Waals surface area contributed by atoms with Crippen LogP contribution in [0.15, 0.2) is 29.4 Å². The van der Waals surface area contributed by atoms with Gasteiger partial charge in [0.2, 0.25) is 0 Å². The lowest BCUT2D eigenvalue weighted by Crippen LogP contribution is -2.18. The molecule has 0 bridgehead atoms. The molecular formula is C17H19F3N6O. The minimum atomic E-state index is -4.41. The summed E-state index contributed by atoms with van der Waals surface area (Å²) in [5.41, 5.74) is 7.76. The van der Waals surface area contributed by atoms with Gasteiger partial charge >= 0.3 is 6.18 Å². The highest BCUT2D eigenvalue weighted by Crippen LogP contribution is 2.34. The SMILES string of the molecule is Cn1c(COc2cccc(C(F)(F)F)c2)nnc1C1CCC(N=[N+]=[N-])CC1. The average Bonchev–Trinajstić information content (AvgIpc) is 3.01. The van der Waals surface area contributed by atoms with Gasteiger partial charge in [0, 0.05) is 23.9 Å². The van der Waals surface area contributed by atoms with E-state index in [-0.39, 0.29) is 24.3 Å². The van der Waals surface area contributed by atoms with Crippen molar-refractivity contribution >= 4 is 0 Å². The third kappa shape index (κ3) is 4.51. The molecule has 0 aliphatic heterocycles. The molecule has 27 heavy (non-hydrogen) atoms. The molecule has 0 atom stereocenters. The Morgan fingerprint density at radius 1 is 1.26 bits per heavy atom. The molecule has 0 N–H and O–H groups in total. The molecule has 7 nitrogen and oxygen atoms in total. The summed E-state index contributed by atoms with van der Waals surface area (Å²) < 4.78 is 45.6. The number of halogens is 3. The number of hydrogen-bond acceptors (Lipinski definition) is 4. The van der Waals surface area contributed by atoms with Crippen molar-refractivity contribution in [1.29, 1.82) is 0 Å². The summed E-state index contributed by atoms with van der Waals surface area (Å²) in [5, 5.41) is 12.1. The van der Waals surface area contributed by atoms with Crippen molar-refractivity contribution in [2.24, 2.45) is 12.2 Å². The van der Waals surface area contributed by atoms with Crippen LogP contribution >= 0.6 is 0 Å². The number of rotatable bonds is 5. The van der Waals surface area contributed by atoms with Crippen LogP contribution in [0.4, 0.5) is 13.2 Å². The quantitative estimate of drug-likeness (QED) is 0.426. The van der Waals surface area contributed by atoms with Gasteiger partial charge in [0.1, 0.15) is 18.2 Å². The summed E-state index contributed by atoms with van der Waals surface area (Å²) in [6.07, 6.45) is -1.10. The van der Waals surface area contributed by atoms with E-state index in [1.54, 1.807) is 0 Å². The smallest absolute Gasteiger partial charge is 0.416 e. The van der Waals surface area contributed by atoms with Gasteiger partial charge in [0.05, 0.1) is 5.56 Å². The molecule has 2 aromatic rings. The summed E-state index contributed by atoms with van der Waals surface area (Å²) in [6.45, 7) is 0.0267. The van der Waals surface area contributed by atoms with Crippen LogP contribution in [0.2, 0.25) is 0 Å². The molecule has 1 aliphatic rings. The first-order valence-electron chi connectivity index (χ1n) is 8.61. The average molecular weight is 380 g/mol. The lowest BCUT2D eigenvalue weighted by molar-refractivity contribution is -0.137. The summed E-state index contributed by atoms with van der Waals surface area (Å²) in [6, 6.07) is 4.78. The van der Waals surface area contributed by atoms with Gasteiger partial charge in [0.25, 0.3) is 0 Å². The number of benzene rings is 1. The zero-order valence-electron chi connectivity index (χ0n) is 14.7. The van der Waals surface area contributed by atoms with Gasteiger partial charge < -0.3 is 9.30 Å². The molecular weight excluding hydrogens is 361 g/mol. The molecule has 0 amide bonds. The fourth-order valence-corrected chi connectivity index (χ4v) is 3.29. The summed E-state index contributed by atoms with van der Waals surface area (Å²) >= 11 is 0. The van der Waals surface area contributed by atoms with Gasteiger partial charge in [-0.1, -0.05) is 11.2 Å². The van der Waals surface area contributed by atoms with Crippen molar-refractivity contribution in [2.45, 2.75) is 50.4 Å². The standard InChI is InChI=1S/C17H19F3N6O/c1-26-15(10-27-14-4-2-3-12(9-14)17(18,19)20)23-24-16(26)11-5-7-13(8-6-11)22-25-21/h2-4,9,11,13H,5-8,10H2,1H3. The van der Waals surface area contributed by atoms with E-state index >= 15 is 0 Å².